The van der Waals surface area contributed by atoms with Crippen LogP contribution in [0.1, 0.15) is 11.3 Å². The number of nitrogens with one attached hydrogen (secondary N) is 2. The summed E-state index contributed by atoms with van der Waals surface area (Å²) >= 11 is 11.9. The monoisotopic (exact) mass is 575 g/mol. The van der Waals surface area contributed by atoms with Crippen LogP contribution in [-0.4, -0.2) is 47.1 Å². The lowest BCUT2D eigenvalue weighted by atomic mass is 10.1. The molecule has 0 unspecified atom stereocenters. The number of nitrogen functional groups attached to an aromatic ring is 1. The van der Waals surface area contributed by atoms with Gasteiger partial charge in [-0.05, 0) is 35.9 Å². The number of hydrogen-bond acceptors (Lipinski definition) is 6. The summed E-state index contributed by atoms with van der Waals surface area (Å²) in [7, 11) is 0. The molecule has 1 aromatic heterocycles. The second kappa shape index (κ2) is 12.0. The van der Waals surface area contributed by atoms with Crippen molar-refractivity contribution in [2.45, 2.75) is 12.7 Å². The second-order valence-corrected chi connectivity index (χ2v) is 9.04. The Balaban J connectivity index is 0.00000380. The summed E-state index contributed by atoms with van der Waals surface area (Å²) in [6.45, 7) is 2.93. The fourth-order valence-corrected chi connectivity index (χ4v) is 4.29. The minimum atomic E-state index is -4.59. The second-order valence-electron chi connectivity index (χ2n) is 8.16. The van der Waals surface area contributed by atoms with E-state index in [9.17, 15) is 18.0 Å². The Morgan fingerprint density at radius 1 is 0.919 bits per heavy atom. The summed E-state index contributed by atoms with van der Waals surface area (Å²) in [6, 6.07) is 12.6. The van der Waals surface area contributed by atoms with Crippen molar-refractivity contribution in [3.8, 4) is 0 Å². The molecule has 3 aromatic rings. The van der Waals surface area contributed by atoms with Gasteiger partial charge in [-0.3, -0.25) is 4.90 Å². The van der Waals surface area contributed by atoms with E-state index >= 15 is 0 Å². The maximum atomic E-state index is 13.0. The molecule has 0 bridgehead atoms. The molecule has 8 nitrogen and oxygen atoms in total. The SMILES string of the molecule is Cl.Nc1nc(N2CCN(Cc3ccc(NC(=O)Nc4cc(Cl)cc(Cl)c4)cc3)CC2)cc(C(F)(F)F)n1. The topological polar surface area (TPSA) is 99.4 Å². The number of alkyl halides is 3. The molecule has 2 heterocycles. The quantitative estimate of drug-likeness (QED) is 0.357. The van der Waals surface area contributed by atoms with E-state index in [-0.39, 0.29) is 18.2 Å². The van der Waals surface area contributed by atoms with Crippen LogP contribution in [0.4, 0.5) is 41.1 Å². The van der Waals surface area contributed by atoms with Crippen LogP contribution in [-0.2, 0) is 12.7 Å². The highest BCUT2D eigenvalue weighted by Gasteiger charge is 2.34. The van der Waals surface area contributed by atoms with Gasteiger partial charge in [-0.2, -0.15) is 18.2 Å². The Labute approximate surface area is 227 Å². The van der Waals surface area contributed by atoms with E-state index in [4.69, 9.17) is 28.9 Å². The van der Waals surface area contributed by atoms with Crippen molar-refractivity contribution in [1.82, 2.24) is 14.9 Å². The molecule has 1 saturated heterocycles. The van der Waals surface area contributed by atoms with Gasteiger partial charge < -0.3 is 21.3 Å². The van der Waals surface area contributed by atoms with Crippen molar-refractivity contribution >= 4 is 64.8 Å². The lowest BCUT2D eigenvalue weighted by Gasteiger charge is -2.35. The number of benzene rings is 2. The highest BCUT2D eigenvalue weighted by Crippen LogP contribution is 2.30. The maximum Gasteiger partial charge on any atom is 0.433 e. The molecule has 1 aliphatic heterocycles. The van der Waals surface area contributed by atoms with E-state index in [1.54, 1.807) is 35.2 Å². The number of piperazine rings is 1. The number of carbonyl (C=O) groups is 1. The lowest BCUT2D eigenvalue weighted by Crippen LogP contribution is -2.46. The molecule has 2 aromatic carbocycles. The van der Waals surface area contributed by atoms with E-state index in [2.05, 4.69) is 25.5 Å². The molecule has 0 radical (unpaired) electrons. The fourth-order valence-electron chi connectivity index (χ4n) is 3.77. The molecule has 198 valence electrons. The van der Waals surface area contributed by atoms with Crippen molar-refractivity contribution in [1.29, 1.82) is 0 Å². The van der Waals surface area contributed by atoms with Gasteiger partial charge in [0.25, 0.3) is 0 Å². The number of nitrogens with zero attached hydrogens (tertiary/aromatic N) is 4. The van der Waals surface area contributed by atoms with Crippen molar-refractivity contribution in [3.05, 3.63) is 69.8 Å². The van der Waals surface area contributed by atoms with Gasteiger partial charge >= 0.3 is 12.2 Å². The van der Waals surface area contributed by atoms with Crippen molar-refractivity contribution in [3.63, 3.8) is 0 Å². The van der Waals surface area contributed by atoms with Gasteiger partial charge in [0, 0.05) is 60.2 Å². The molecular formula is C23H23Cl3F3N7O. The molecule has 0 spiro atoms. The number of halogens is 6. The molecular weight excluding hydrogens is 554 g/mol. The number of amides is 2. The molecule has 1 fully saturated rings. The van der Waals surface area contributed by atoms with Gasteiger partial charge in [0.05, 0.1) is 0 Å². The van der Waals surface area contributed by atoms with E-state index in [0.29, 0.717) is 54.1 Å². The summed E-state index contributed by atoms with van der Waals surface area (Å²) in [5.74, 6) is -0.232. The van der Waals surface area contributed by atoms with Gasteiger partial charge in [-0.1, -0.05) is 35.3 Å². The van der Waals surface area contributed by atoms with Crippen LogP contribution in [0.2, 0.25) is 10.0 Å². The molecule has 37 heavy (non-hydrogen) atoms. The summed E-state index contributed by atoms with van der Waals surface area (Å²) < 4.78 is 39.1. The first-order valence-electron chi connectivity index (χ1n) is 10.9. The van der Waals surface area contributed by atoms with Crippen LogP contribution in [0.25, 0.3) is 0 Å². The van der Waals surface area contributed by atoms with Crippen molar-refractivity contribution in [2.75, 3.05) is 47.4 Å². The van der Waals surface area contributed by atoms with E-state index in [0.717, 1.165) is 11.6 Å². The zero-order chi connectivity index (χ0) is 25.9. The van der Waals surface area contributed by atoms with Crippen LogP contribution in [0, 0.1) is 0 Å². The molecule has 0 aliphatic carbocycles. The Kier molecular flexibility index (Phi) is 9.30. The number of nitrogens with two attached hydrogens (primary N) is 1. The largest absolute Gasteiger partial charge is 0.433 e. The van der Waals surface area contributed by atoms with Gasteiger partial charge in [0.15, 0.2) is 5.69 Å². The van der Waals surface area contributed by atoms with E-state index < -0.39 is 23.8 Å². The Morgan fingerprint density at radius 2 is 1.51 bits per heavy atom. The third kappa shape index (κ3) is 8.00. The third-order valence-electron chi connectivity index (χ3n) is 5.46. The Morgan fingerprint density at radius 3 is 2.11 bits per heavy atom. The fraction of sp³-hybridized carbons (Fsp3) is 0.261. The first kappa shape index (κ1) is 28.6. The average Bonchev–Trinajstić information content (AvgIpc) is 2.79. The summed E-state index contributed by atoms with van der Waals surface area (Å²) in [6.07, 6.45) is -4.59. The number of aromatic nitrogens is 2. The predicted molar refractivity (Wildman–Crippen MR) is 142 cm³/mol. The highest BCUT2D eigenvalue weighted by atomic mass is 35.5. The first-order valence-corrected chi connectivity index (χ1v) is 11.6. The first-order chi connectivity index (χ1) is 17.0. The zero-order valence-corrected chi connectivity index (χ0v) is 21.6. The Bertz CT molecular complexity index is 1220. The number of hydrogen-bond donors (Lipinski definition) is 3. The molecule has 0 saturated carbocycles. The molecule has 14 heteroatoms. The van der Waals surface area contributed by atoms with E-state index in [1.165, 1.54) is 0 Å². The normalized spacial score (nSPS) is 14.1. The smallest absolute Gasteiger partial charge is 0.368 e. The minimum absolute atomic E-state index is 0. The average molecular weight is 577 g/mol. The standard InChI is InChI=1S/C23H22Cl2F3N7O.ClH/c24-15-9-16(25)11-18(10-15)31-22(36)30-17-3-1-14(2-4-17)13-34-5-7-35(8-6-34)20-12-19(23(26,27)28)32-21(29)33-20;/h1-4,9-12H,5-8,13H2,(H2,29,32,33)(H2,30,31,36);1H. The molecule has 0 atom stereocenters. The van der Waals surface area contributed by atoms with Gasteiger partial charge in [-0.25, -0.2) is 9.78 Å². The molecule has 2 amide bonds. The summed E-state index contributed by atoms with van der Waals surface area (Å²) in [5.41, 5.74) is 6.54. The van der Waals surface area contributed by atoms with Crippen LogP contribution in [0.3, 0.4) is 0 Å². The van der Waals surface area contributed by atoms with Crippen LogP contribution < -0.4 is 21.3 Å². The van der Waals surface area contributed by atoms with Crippen LogP contribution >= 0.6 is 35.6 Å². The van der Waals surface area contributed by atoms with E-state index in [1.807, 2.05) is 12.1 Å². The zero-order valence-electron chi connectivity index (χ0n) is 19.2. The van der Waals surface area contributed by atoms with Crippen molar-refractivity contribution < 1.29 is 18.0 Å². The third-order valence-corrected chi connectivity index (χ3v) is 5.89. The molecule has 4 N–H and O–H groups in total. The highest BCUT2D eigenvalue weighted by molar-refractivity contribution is 6.35. The Hall–Kier alpha value is -2.99. The molecule has 4 rings (SSSR count). The predicted octanol–water partition coefficient (Wildman–Crippen LogP) is 5.77. The summed E-state index contributed by atoms with van der Waals surface area (Å²) in [5, 5.41) is 6.24. The number of carbonyl (C=O) groups excluding carboxylic acids is 1. The number of urea groups is 1. The van der Waals surface area contributed by atoms with Gasteiger partial charge in [0.2, 0.25) is 5.95 Å². The maximum absolute atomic E-state index is 13.0. The number of anilines is 4. The number of rotatable bonds is 5. The lowest BCUT2D eigenvalue weighted by molar-refractivity contribution is -0.141. The minimum Gasteiger partial charge on any atom is -0.368 e. The van der Waals surface area contributed by atoms with Crippen LogP contribution in [0.15, 0.2) is 48.5 Å². The van der Waals surface area contributed by atoms with Gasteiger partial charge in [0.1, 0.15) is 5.82 Å². The molecule has 1 aliphatic rings. The van der Waals surface area contributed by atoms with Crippen LogP contribution in [0.5, 0.6) is 0 Å². The van der Waals surface area contributed by atoms with Crippen molar-refractivity contribution in [2.24, 2.45) is 0 Å². The summed E-state index contributed by atoms with van der Waals surface area (Å²) in [4.78, 5) is 23.5. The van der Waals surface area contributed by atoms with Gasteiger partial charge in [-0.15, -0.1) is 12.4 Å².